The van der Waals surface area contributed by atoms with Crippen LogP contribution < -0.4 is 5.32 Å². The smallest absolute Gasteiger partial charge is 0.356 e. The van der Waals surface area contributed by atoms with E-state index in [1.807, 2.05) is 6.92 Å². The molecule has 118 valence electrons. The second-order valence-electron chi connectivity index (χ2n) is 4.71. The van der Waals surface area contributed by atoms with Crippen molar-refractivity contribution in [1.29, 1.82) is 0 Å². The van der Waals surface area contributed by atoms with Crippen LogP contribution in [0, 0.1) is 0 Å². The molecule has 2 N–H and O–H groups in total. The highest BCUT2D eigenvalue weighted by molar-refractivity contribution is 5.93. The highest BCUT2D eigenvalue weighted by Gasteiger charge is 2.25. The van der Waals surface area contributed by atoms with Gasteiger partial charge in [0.05, 0.1) is 12.4 Å². The fourth-order valence-electron chi connectivity index (χ4n) is 2.09. The molecule has 22 heavy (non-hydrogen) atoms. The van der Waals surface area contributed by atoms with E-state index in [0.29, 0.717) is 32.7 Å². The zero-order valence-electron chi connectivity index (χ0n) is 12.2. The zero-order valence-corrected chi connectivity index (χ0v) is 12.2. The fourth-order valence-corrected chi connectivity index (χ4v) is 2.09. The number of aromatic nitrogens is 2. The third-order valence-corrected chi connectivity index (χ3v) is 3.27. The number of carbonyl (C=O) groups is 3. The lowest BCUT2D eigenvalue weighted by Gasteiger charge is -2.34. The second kappa shape index (κ2) is 6.83. The Morgan fingerprint density at radius 3 is 2.14 bits per heavy atom. The van der Waals surface area contributed by atoms with Crippen molar-refractivity contribution in [1.82, 2.24) is 25.1 Å². The molecule has 0 saturated carbocycles. The molecule has 1 fully saturated rings. The van der Waals surface area contributed by atoms with Crippen LogP contribution in [-0.4, -0.2) is 75.5 Å². The predicted molar refractivity (Wildman–Crippen MR) is 75.5 cm³/mol. The number of carboxylic acids is 1. The van der Waals surface area contributed by atoms with Crippen molar-refractivity contribution in [2.45, 2.75) is 6.92 Å². The molecule has 0 spiro atoms. The van der Waals surface area contributed by atoms with E-state index < -0.39 is 5.97 Å². The Balaban J connectivity index is 1.94. The number of carboxylic acid groups (broad SMARTS) is 1. The molecular weight excluding hydrogens is 290 g/mol. The molecule has 3 amide bonds. The van der Waals surface area contributed by atoms with Gasteiger partial charge in [-0.1, -0.05) is 0 Å². The van der Waals surface area contributed by atoms with Gasteiger partial charge in [0.1, 0.15) is 5.69 Å². The minimum atomic E-state index is -1.19. The third-order valence-electron chi connectivity index (χ3n) is 3.27. The largest absolute Gasteiger partial charge is 0.476 e. The standard InChI is InChI=1S/C13H17N5O4/c1-2-14-13(22)18-5-3-17(4-6-18)11(19)9-7-16-10(8-15-9)12(20)21/h7-8H,2-6H2,1H3,(H,14,22)(H,20,21). The number of piperazine rings is 1. The van der Waals surface area contributed by atoms with E-state index in [1.54, 1.807) is 9.80 Å². The summed E-state index contributed by atoms with van der Waals surface area (Å²) in [4.78, 5) is 45.3. The van der Waals surface area contributed by atoms with Crippen LogP contribution in [0.4, 0.5) is 4.79 Å². The quantitative estimate of drug-likeness (QED) is 0.789. The van der Waals surface area contributed by atoms with E-state index in [-0.39, 0.29) is 23.3 Å². The van der Waals surface area contributed by atoms with Gasteiger partial charge in [0, 0.05) is 32.7 Å². The Morgan fingerprint density at radius 2 is 1.64 bits per heavy atom. The summed E-state index contributed by atoms with van der Waals surface area (Å²) >= 11 is 0. The predicted octanol–water partition coefficient (Wildman–Crippen LogP) is -0.338. The number of rotatable bonds is 3. The number of amides is 3. The first-order chi connectivity index (χ1) is 10.5. The number of hydrogen-bond donors (Lipinski definition) is 2. The zero-order chi connectivity index (χ0) is 16.1. The van der Waals surface area contributed by atoms with E-state index in [1.165, 1.54) is 0 Å². The molecule has 0 aromatic carbocycles. The SMILES string of the molecule is CCNC(=O)N1CCN(C(=O)c2cnc(C(=O)O)cn2)CC1. The number of carbonyl (C=O) groups excluding carboxylic acids is 2. The molecule has 1 aromatic heterocycles. The Labute approximate surface area is 126 Å². The van der Waals surface area contributed by atoms with Crippen LogP contribution in [-0.2, 0) is 0 Å². The van der Waals surface area contributed by atoms with E-state index in [4.69, 9.17) is 5.11 Å². The number of urea groups is 1. The molecule has 1 aliphatic rings. The highest BCUT2D eigenvalue weighted by Crippen LogP contribution is 2.07. The van der Waals surface area contributed by atoms with Crippen LogP contribution in [0.25, 0.3) is 0 Å². The lowest BCUT2D eigenvalue weighted by atomic mass is 10.3. The van der Waals surface area contributed by atoms with Gasteiger partial charge in [-0.05, 0) is 6.92 Å². The van der Waals surface area contributed by atoms with Gasteiger partial charge in [-0.2, -0.15) is 0 Å². The Hall–Kier alpha value is -2.71. The summed E-state index contributed by atoms with van der Waals surface area (Å²) in [6.45, 7) is 4.09. The lowest BCUT2D eigenvalue weighted by molar-refractivity contribution is 0.0653. The van der Waals surface area contributed by atoms with Crippen LogP contribution in [0.2, 0.25) is 0 Å². The van der Waals surface area contributed by atoms with Crippen LogP contribution in [0.3, 0.4) is 0 Å². The highest BCUT2D eigenvalue weighted by atomic mass is 16.4. The van der Waals surface area contributed by atoms with E-state index in [2.05, 4.69) is 15.3 Å². The summed E-state index contributed by atoms with van der Waals surface area (Å²) in [7, 11) is 0. The Bertz CT molecular complexity index is 566. The molecule has 1 saturated heterocycles. The number of hydrogen-bond acceptors (Lipinski definition) is 5. The van der Waals surface area contributed by atoms with E-state index >= 15 is 0 Å². The van der Waals surface area contributed by atoms with Crippen molar-refractivity contribution in [3.05, 3.63) is 23.8 Å². The summed E-state index contributed by atoms with van der Waals surface area (Å²) in [6.07, 6.45) is 2.21. The van der Waals surface area contributed by atoms with Crippen molar-refractivity contribution in [3.8, 4) is 0 Å². The van der Waals surface area contributed by atoms with Crippen LogP contribution in [0.1, 0.15) is 27.9 Å². The Kier molecular flexibility index (Phi) is 4.87. The van der Waals surface area contributed by atoms with Gasteiger partial charge in [0.2, 0.25) is 0 Å². The maximum Gasteiger partial charge on any atom is 0.356 e. The third kappa shape index (κ3) is 3.48. The average Bonchev–Trinajstić information content (AvgIpc) is 2.54. The molecular formula is C13H17N5O4. The number of aromatic carboxylic acids is 1. The van der Waals surface area contributed by atoms with Crippen molar-refractivity contribution in [2.24, 2.45) is 0 Å². The molecule has 0 radical (unpaired) electrons. The van der Waals surface area contributed by atoms with Crippen molar-refractivity contribution in [3.63, 3.8) is 0 Å². The molecule has 9 nitrogen and oxygen atoms in total. The average molecular weight is 307 g/mol. The summed E-state index contributed by atoms with van der Waals surface area (Å²) in [5.74, 6) is -1.51. The number of nitrogens with zero attached hydrogens (tertiary/aromatic N) is 4. The van der Waals surface area contributed by atoms with Gasteiger partial charge >= 0.3 is 12.0 Å². The molecule has 0 unspecified atom stereocenters. The van der Waals surface area contributed by atoms with Crippen molar-refractivity contribution >= 4 is 17.9 Å². The molecule has 1 aromatic rings. The van der Waals surface area contributed by atoms with Crippen LogP contribution in [0.15, 0.2) is 12.4 Å². The number of nitrogens with one attached hydrogen (secondary N) is 1. The molecule has 9 heteroatoms. The topological polar surface area (TPSA) is 116 Å². The van der Waals surface area contributed by atoms with Crippen LogP contribution in [0.5, 0.6) is 0 Å². The van der Waals surface area contributed by atoms with E-state index in [9.17, 15) is 14.4 Å². The second-order valence-corrected chi connectivity index (χ2v) is 4.71. The van der Waals surface area contributed by atoms with Gasteiger partial charge in [-0.25, -0.2) is 19.6 Å². The minimum absolute atomic E-state index is 0.0939. The normalized spacial score (nSPS) is 14.6. The summed E-state index contributed by atoms with van der Waals surface area (Å²) in [5.41, 5.74) is -0.117. The van der Waals surface area contributed by atoms with Crippen molar-refractivity contribution < 1.29 is 19.5 Å². The first-order valence-corrected chi connectivity index (χ1v) is 6.90. The molecule has 0 atom stereocenters. The fraction of sp³-hybridized carbons (Fsp3) is 0.462. The molecule has 0 aliphatic carbocycles. The maximum atomic E-state index is 12.2. The van der Waals surface area contributed by atoms with Gasteiger partial charge in [-0.15, -0.1) is 0 Å². The van der Waals surface area contributed by atoms with Gasteiger partial charge < -0.3 is 20.2 Å². The minimum Gasteiger partial charge on any atom is -0.476 e. The lowest BCUT2D eigenvalue weighted by Crippen LogP contribution is -2.53. The van der Waals surface area contributed by atoms with Crippen LogP contribution >= 0.6 is 0 Å². The summed E-state index contributed by atoms with van der Waals surface area (Å²) in [5, 5.41) is 11.5. The van der Waals surface area contributed by atoms with E-state index in [0.717, 1.165) is 12.4 Å². The molecule has 2 heterocycles. The summed E-state index contributed by atoms with van der Waals surface area (Å²) < 4.78 is 0. The summed E-state index contributed by atoms with van der Waals surface area (Å²) in [6, 6.07) is -0.139. The molecule has 1 aliphatic heterocycles. The van der Waals surface area contributed by atoms with Gasteiger partial charge in [0.25, 0.3) is 5.91 Å². The first kappa shape index (κ1) is 15.7. The van der Waals surface area contributed by atoms with Gasteiger partial charge in [0.15, 0.2) is 5.69 Å². The molecule has 0 bridgehead atoms. The van der Waals surface area contributed by atoms with Gasteiger partial charge in [-0.3, -0.25) is 4.79 Å². The monoisotopic (exact) mass is 307 g/mol. The Morgan fingerprint density at radius 1 is 1.09 bits per heavy atom. The first-order valence-electron chi connectivity index (χ1n) is 6.90. The van der Waals surface area contributed by atoms with Crippen molar-refractivity contribution in [2.75, 3.05) is 32.7 Å². The maximum absolute atomic E-state index is 12.2. The molecule has 2 rings (SSSR count).